The van der Waals surface area contributed by atoms with Crippen LogP contribution in [0.5, 0.6) is 0 Å². The lowest BCUT2D eigenvalue weighted by Gasteiger charge is -2.05. The number of esters is 1. The van der Waals surface area contributed by atoms with Crippen molar-refractivity contribution in [2.24, 2.45) is 0 Å². The molecule has 0 saturated carbocycles. The van der Waals surface area contributed by atoms with Gasteiger partial charge in [-0.25, -0.2) is 14.5 Å². The number of nitrogens with zero attached hydrogens (tertiary/aromatic N) is 3. The minimum atomic E-state index is -0.501. The number of rotatable bonds is 3. The van der Waals surface area contributed by atoms with E-state index >= 15 is 0 Å². The number of carbonyl (C=O) groups is 2. The maximum absolute atomic E-state index is 11.6. The quantitative estimate of drug-likeness (QED) is 0.599. The molecule has 0 aliphatic heterocycles. The zero-order valence-corrected chi connectivity index (χ0v) is 9.95. The van der Waals surface area contributed by atoms with Crippen LogP contribution < -0.4 is 0 Å². The smallest absolute Gasteiger partial charge is 0.341 e. The van der Waals surface area contributed by atoms with Crippen LogP contribution in [0, 0.1) is 6.92 Å². The third-order valence-corrected chi connectivity index (χ3v) is 2.47. The highest BCUT2D eigenvalue weighted by atomic mass is 16.5. The van der Waals surface area contributed by atoms with Gasteiger partial charge >= 0.3 is 5.97 Å². The first kappa shape index (κ1) is 12.0. The Bertz CT molecular complexity index is 604. The molecule has 92 valence electrons. The zero-order valence-electron chi connectivity index (χ0n) is 9.95. The Morgan fingerprint density at radius 3 is 2.89 bits per heavy atom. The van der Waals surface area contributed by atoms with Gasteiger partial charge in [-0.3, -0.25) is 4.79 Å². The molecule has 6 nitrogen and oxygen atoms in total. The Morgan fingerprint density at radius 2 is 2.28 bits per heavy atom. The second kappa shape index (κ2) is 4.79. The number of aryl methyl sites for hydroxylation is 1. The molecule has 0 bridgehead atoms. The van der Waals surface area contributed by atoms with Crippen molar-refractivity contribution in [1.29, 1.82) is 0 Å². The molecule has 0 saturated heterocycles. The van der Waals surface area contributed by atoms with Crippen LogP contribution in [0.1, 0.15) is 26.4 Å². The van der Waals surface area contributed by atoms with Gasteiger partial charge in [0, 0.05) is 12.4 Å². The summed E-state index contributed by atoms with van der Waals surface area (Å²) in [4.78, 5) is 26.5. The topological polar surface area (TPSA) is 74.1 Å². The number of aldehydes is 1. The van der Waals surface area contributed by atoms with Crippen molar-refractivity contribution >= 4 is 12.3 Å². The van der Waals surface area contributed by atoms with Crippen LogP contribution in [0.15, 0.2) is 24.5 Å². The van der Waals surface area contributed by atoms with E-state index in [9.17, 15) is 9.59 Å². The molecule has 0 unspecified atom stereocenters. The normalized spacial score (nSPS) is 10.1. The third kappa shape index (κ3) is 2.00. The fourth-order valence-corrected chi connectivity index (χ4v) is 1.55. The van der Waals surface area contributed by atoms with E-state index in [0.29, 0.717) is 28.9 Å². The maximum atomic E-state index is 11.6. The van der Waals surface area contributed by atoms with E-state index in [2.05, 4.69) is 14.8 Å². The number of ether oxygens (including phenoxy) is 1. The van der Waals surface area contributed by atoms with Gasteiger partial charge in [-0.05, 0) is 19.1 Å². The summed E-state index contributed by atoms with van der Waals surface area (Å²) < 4.78 is 6.07. The lowest BCUT2D eigenvalue weighted by Crippen LogP contribution is -2.10. The summed E-state index contributed by atoms with van der Waals surface area (Å²) in [5, 5.41) is 4.14. The van der Waals surface area contributed by atoms with Crippen LogP contribution in [-0.2, 0) is 4.74 Å². The molecule has 0 spiro atoms. The first-order valence-corrected chi connectivity index (χ1v) is 5.22. The Kier molecular flexibility index (Phi) is 3.18. The van der Waals surface area contributed by atoms with Crippen LogP contribution in [0.2, 0.25) is 0 Å². The van der Waals surface area contributed by atoms with Crippen molar-refractivity contribution in [3.63, 3.8) is 0 Å². The summed E-state index contributed by atoms with van der Waals surface area (Å²) in [5.74, 6) is -0.167. The van der Waals surface area contributed by atoms with Gasteiger partial charge in [-0.15, -0.1) is 0 Å². The molecule has 2 aromatic rings. The van der Waals surface area contributed by atoms with Crippen LogP contribution in [0.3, 0.4) is 0 Å². The molecule has 0 aromatic carbocycles. The van der Waals surface area contributed by atoms with Crippen molar-refractivity contribution in [3.8, 4) is 5.82 Å². The van der Waals surface area contributed by atoms with Crippen LogP contribution in [-0.4, -0.2) is 34.1 Å². The molecular formula is C12H11N3O3. The first-order valence-electron chi connectivity index (χ1n) is 5.22. The van der Waals surface area contributed by atoms with E-state index in [4.69, 9.17) is 0 Å². The maximum Gasteiger partial charge on any atom is 0.341 e. The molecule has 0 fully saturated rings. The second-order valence-electron chi connectivity index (χ2n) is 3.60. The van der Waals surface area contributed by atoms with Crippen molar-refractivity contribution in [3.05, 3.63) is 41.3 Å². The molecule has 0 radical (unpaired) electrons. The predicted octanol–water partition coefficient (Wildman–Crippen LogP) is 1.17. The lowest BCUT2D eigenvalue weighted by atomic mass is 10.2. The molecule has 18 heavy (non-hydrogen) atoms. The highest BCUT2D eigenvalue weighted by Crippen LogP contribution is 2.14. The number of carbonyl (C=O) groups excluding carboxylic acids is 2. The number of hydrogen-bond acceptors (Lipinski definition) is 5. The summed E-state index contributed by atoms with van der Waals surface area (Å²) in [7, 11) is 1.30. The van der Waals surface area contributed by atoms with Gasteiger partial charge in [-0.2, -0.15) is 5.10 Å². The summed E-state index contributed by atoms with van der Waals surface area (Å²) in [6, 6.07) is 3.22. The average Bonchev–Trinajstić information content (AvgIpc) is 2.79. The van der Waals surface area contributed by atoms with Gasteiger partial charge in [-0.1, -0.05) is 0 Å². The number of methoxy groups -OCH3 is 1. The molecule has 0 aliphatic rings. The fraction of sp³-hybridized carbons (Fsp3) is 0.167. The summed E-state index contributed by atoms with van der Waals surface area (Å²) in [6.07, 6.45) is 3.77. The van der Waals surface area contributed by atoms with E-state index in [1.54, 1.807) is 25.3 Å². The van der Waals surface area contributed by atoms with E-state index in [1.807, 2.05) is 0 Å². The predicted molar refractivity (Wildman–Crippen MR) is 62.8 cm³/mol. The molecule has 0 aliphatic carbocycles. The number of hydrogen-bond donors (Lipinski definition) is 0. The van der Waals surface area contributed by atoms with Crippen LogP contribution in [0.25, 0.3) is 5.82 Å². The summed E-state index contributed by atoms with van der Waals surface area (Å²) in [6.45, 7) is 1.71. The molecule has 2 aromatic heterocycles. The summed E-state index contributed by atoms with van der Waals surface area (Å²) >= 11 is 0. The largest absolute Gasteiger partial charge is 0.465 e. The first-order chi connectivity index (χ1) is 8.67. The molecular weight excluding hydrogens is 234 g/mol. The second-order valence-corrected chi connectivity index (χ2v) is 3.60. The van der Waals surface area contributed by atoms with Gasteiger partial charge in [0.2, 0.25) is 0 Å². The Labute approximate surface area is 103 Å². The third-order valence-electron chi connectivity index (χ3n) is 2.47. The molecule has 0 N–H and O–H groups in total. The standard InChI is InChI=1S/C12H11N3O3/c1-8-9(7-16)6-15(14-8)11-10(12(17)18-2)4-3-5-13-11/h3-7H,1-2H3. The Morgan fingerprint density at radius 1 is 1.50 bits per heavy atom. The molecule has 6 heteroatoms. The molecule has 2 rings (SSSR count). The van der Waals surface area contributed by atoms with E-state index in [0.717, 1.165) is 0 Å². The average molecular weight is 245 g/mol. The molecule has 0 amide bonds. The monoisotopic (exact) mass is 245 g/mol. The minimum Gasteiger partial charge on any atom is -0.465 e. The van der Waals surface area contributed by atoms with Gasteiger partial charge in [0.05, 0.1) is 18.4 Å². The van der Waals surface area contributed by atoms with Crippen molar-refractivity contribution < 1.29 is 14.3 Å². The van der Waals surface area contributed by atoms with Crippen LogP contribution in [0.4, 0.5) is 0 Å². The van der Waals surface area contributed by atoms with E-state index in [1.165, 1.54) is 18.0 Å². The highest BCUT2D eigenvalue weighted by Gasteiger charge is 2.15. The van der Waals surface area contributed by atoms with Gasteiger partial charge in [0.15, 0.2) is 12.1 Å². The number of pyridine rings is 1. The van der Waals surface area contributed by atoms with Crippen molar-refractivity contribution in [2.45, 2.75) is 6.92 Å². The SMILES string of the molecule is COC(=O)c1cccnc1-n1cc(C=O)c(C)n1. The van der Waals surface area contributed by atoms with Crippen molar-refractivity contribution in [1.82, 2.24) is 14.8 Å². The molecule has 2 heterocycles. The lowest BCUT2D eigenvalue weighted by molar-refractivity contribution is 0.0600. The van der Waals surface area contributed by atoms with Crippen LogP contribution >= 0.6 is 0 Å². The van der Waals surface area contributed by atoms with E-state index in [-0.39, 0.29) is 0 Å². The van der Waals surface area contributed by atoms with Crippen molar-refractivity contribution in [2.75, 3.05) is 7.11 Å². The fourth-order valence-electron chi connectivity index (χ4n) is 1.55. The Balaban J connectivity index is 2.56. The van der Waals surface area contributed by atoms with Gasteiger partial charge in [0.1, 0.15) is 5.56 Å². The van der Waals surface area contributed by atoms with E-state index < -0.39 is 5.97 Å². The molecule has 0 atom stereocenters. The van der Waals surface area contributed by atoms with Gasteiger partial charge < -0.3 is 4.74 Å². The Hall–Kier alpha value is -2.50. The zero-order chi connectivity index (χ0) is 13.1. The van der Waals surface area contributed by atoms with Gasteiger partial charge in [0.25, 0.3) is 0 Å². The highest BCUT2D eigenvalue weighted by molar-refractivity contribution is 5.92. The summed E-state index contributed by atoms with van der Waals surface area (Å²) in [5.41, 5.74) is 1.32. The minimum absolute atomic E-state index is 0.292. The number of aromatic nitrogens is 3.